The maximum Gasteiger partial charge on any atom is 0.119 e. The number of ether oxygens (including phenoxy) is 1. The van der Waals surface area contributed by atoms with Crippen LogP contribution in [0.25, 0.3) is 0 Å². The molecule has 2 N–H and O–H groups in total. The minimum atomic E-state index is -0.0126. The van der Waals surface area contributed by atoms with Crippen molar-refractivity contribution in [3.8, 4) is 5.75 Å². The van der Waals surface area contributed by atoms with E-state index in [0.29, 0.717) is 6.61 Å². The summed E-state index contributed by atoms with van der Waals surface area (Å²) in [5, 5.41) is 0. The molecular formula is C16H26N2O. The minimum Gasteiger partial charge on any atom is -0.494 e. The molecular weight excluding hydrogens is 236 g/mol. The van der Waals surface area contributed by atoms with Crippen molar-refractivity contribution in [3.63, 3.8) is 0 Å². The van der Waals surface area contributed by atoms with Crippen LogP contribution in [-0.4, -0.2) is 30.1 Å². The average molecular weight is 262 g/mol. The first kappa shape index (κ1) is 14.4. The van der Waals surface area contributed by atoms with E-state index in [1.807, 2.05) is 19.1 Å². The van der Waals surface area contributed by atoms with E-state index in [4.69, 9.17) is 10.5 Å². The lowest BCUT2D eigenvalue weighted by molar-refractivity contribution is 0.124. The number of hydrogen-bond acceptors (Lipinski definition) is 3. The van der Waals surface area contributed by atoms with Crippen molar-refractivity contribution in [2.24, 2.45) is 5.73 Å². The second kappa shape index (κ2) is 5.93. The van der Waals surface area contributed by atoms with Gasteiger partial charge in [0.15, 0.2) is 0 Å². The highest BCUT2D eigenvalue weighted by Gasteiger charge is 2.35. The summed E-state index contributed by atoms with van der Waals surface area (Å²) in [5.74, 6) is 0.910. The van der Waals surface area contributed by atoms with Gasteiger partial charge in [-0.2, -0.15) is 0 Å². The van der Waals surface area contributed by atoms with Gasteiger partial charge in [-0.1, -0.05) is 12.1 Å². The van der Waals surface area contributed by atoms with E-state index in [1.54, 1.807) is 0 Å². The molecule has 106 valence electrons. The molecule has 0 aliphatic carbocycles. The van der Waals surface area contributed by atoms with E-state index in [0.717, 1.165) is 24.4 Å². The summed E-state index contributed by atoms with van der Waals surface area (Å²) in [6.07, 6.45) is 2.57. The van der Waals surface area contributed by atoms with Crippen LogP contribution in [0, 0.1) is 0 Å². The van der Waals surface area contributed by atoms with Crippen LogP contribution in [0.15, 0.2) is 24.3 Å². The highest BCUT2D eigenvalue weighted by atomic mass is 16.5. The molecule has 3 nitrogen and oxygen atoms in total. The quantitative estimate of drug-likeness (QED) is 0.886. The zero-order valence-corrected chi connectivity index (χ0v) is 12.4. The Balaban J connectivity index is 2.17. The molecule has 0 spiro atoms. The molecule has 0 aromatic heterocycles. The van der Waals surface area contributed by atoms with Crippen molar-refractivity contribution < 1.29 is 4.74 Å². The first-order valence-corrected chi connectivity index (χ1v) is 7.29. The molecule has 1 aliphatic rings. The van der Waals surface area contributed by atoms with Gasteiger partial charge in [0.2, 0.25) is 0 Å². The molecule has 0 radical (unpaired) electrons. The molecule has 1 atom stereocenters. The topological polar surface area (TPSA) is 38.5 Å². The van der Waals surface area contributed by atoms with Gasteiger partial charge < -0.3 is 10.5 Å². The molecule has 1 fully saturated rings. The van der Waals surface area contributed by atoms with Crippen molar-refractivity contribution in [1.82, 2.24) is 4.90 Å². The molecule has 1 unspecified atom stereocenters. The van der Waals surface area contributed by atoms with E-state index in [-0.39, 0.29) is 11.6 Å². The van der Waals surface area contributed by atoms with Gasteiger partial charge in [0.1, 0.15) is 5.75 Å². The van der Waals surface area contributed by atoms with Crippen molar-refractivity contribution in [3.05, 3.63) is 29.8 Å². The van der Waals surface area contributed by atoms with Gasteiger partial charge in [0, 0.05) is 11.6 Å². The second-order valence-electron chi connectivity index (χ2n) is 5.83. The first-order valence-electron chi connectivity index (χ1n) is 7.29. The number of likely N-dealkylation sites (tertiary alicyclic amines) is 1. The van der Waals surface area contributed by atoms with Gasteiger partial charge in [-0.25, -0.2) is 0 Å². The highest BCUT2D eigenvalue weighted by molar-refractivity contribution is 5.32. The fourth-order valence-corrected chi connectivity index (χ4v) is 2.86. The Labute approximate surface area is 116 Å². The van der Waals surface area contributed by atoms with E-state index in [2.05, 4.69) is 30.9 Å². The smallest absolute Gasteiger partial charge is 0.119 e. The molecule has 1 heterocycles. The number of rotatable bonds is 5. The third kappa shape index (κ3) is 3.10. The Kier molecular flexibility index (Phi) is 4.48. The van der Waals surface area contributed by atoms with Crippen molar-refractivity contribution in [1.29, 1.82) is 0 Å². The third-order valence-corrected chi connectivity index (χ3v) is 4.21. The molecule has 19 heavy (non-hydrogen) atoms. The molecule has 0 amide bonds. The van der Waals surface area contributed by atoms with Crippen LogP contribution < -0.4 is 10.5 Å². The van der Waals surface area contributed by atoms with Crippen molar-refractivity contribution in [2.75, 3.05) is 19.7 Å². The lowest BCUT2D eigenvalue weighted by Crippen LogP contribution is -2.49. The van der Waals surface area contributed by atoms with Crippen LogP contribution in [0.5, 0.6) is 5.75 Å². The van der Waals surface area contributed by atoms with E-state index in [9.17, 15) is 0 Å². The minimum absolute atomic E-state index is 0.00556. The summed E-state index contributed by atoms with van der Waals surface area (Å²) in [7, 11) is 0. The fourth-order valence-electron chi connectivity index (χ4n) is 2.86. The van der Waals surface area contributed by atoms with E-state index >= 15 is 0 Å². The lowest BCUT2D eigenvalue weighted by Gasteiger charge is -2.40. The Bertz CT molecular complexity index is 411. The maximum absolute atomic E-state index is 6.52. The number of nitrogens with two attached hydrogens (primary N) is 1. The van der Waals surface area contributed by atoms with E-state index < -0.39 is 0 Å². The summed E-state index contributed by atoms with van der Waals surface area (Å²) in [6.45, 7) is 9.50. The SMILES string of the molecule is CCOc1cccc(C(N)C(C)(C)N2CCCC2)c1. The molecule has 0 bridgehead atoms. The fraction of sp³-hybridized carbons (Fsp3) is 0.625. The average Bonchev–Trinajstić information content (AvgIpc) is 2.93. The predicted octanol–water partition coefficient (Wildman–Crippen LogP) is 2.96. The molecule has 1 aliphatic heterocycles. The Hall–Kier alpha value is -1.06. The largest absolute Gasteiger partial charge is 0.494 e. The summed E-state index contributed by atoms with van der Waals surface area (Å²) in [6, 6.07) is 8.20. The monoisotopic (exact) mass is 262 g/mol. The van der Waals surface area contributed by atoms with Gasteiger partial charge >= 0.3 is 0 Å². The zero-order chi connectivity index (χ0) is 13.9. The van der Waals surface area contributed by atoms with Crippen LogP contribution in [0.1, 0.15) is 45.2 Å². The second-order valence-corrected chi connectivity index (χ2v) is 5.83. The molecule has 1 aromatic rings. The predicted molar refractivity (Wildman–Crippen MR) is 79.4 cm³/mol. The maximum atomic E-state index is 6.52. The lowest BCUT2D eigenvalue weighted by atomic mass is 9.88. The zero-order valence-electron chi connectivity index (χ0n) is 12.4. The van der Waals surface area contributed by atoms with Gasteiger partial charge in [-0.3, -0.25) is 4.90 Å². The Morgan fingerprint density at radius 1 is 1.32 bits per heavy atom. The number of hydrogen-bond donors (Lipinski definition) is 1. The van der Waals surface area contributed by atoms with Crippen LogP contribution in [0.2, 0.25) is 0 Å². The standard InChI is InChI=1S/C16H26N2O/c1-4-19-14-9-7-8-13(12-14)15(17)16(2,3)18-10-5-6-11-18/h7-9,12,15H,4-6,10-11,17H2,1-3H3. The molecule has 0 saturated carbocycles. The normalized spacial score (nSPS) is 18.5. The molecule has 1 saturated heterocycles. The summed E-state index contributed by atoms with van der Waals surface area (Å²) < 4.78 is 5.57. The van der Waals surface area contributed by atoms with Gasteiger partial charge in [0.25, 0.3) is 0 Å². The summed E-state index contributed by atoms with van der Waals surface area (Å²) >= 11 is 0. The van der Waals surface area contributed by atoms with Crippen LogP contribution in [0.3, 0.4) is 0 Å². The van der Waals surface area contributed by atoms with E-state index in [1.165, 1.54) is 12.8 Å². The van der Waals surface area contributed by atoms with Crippen LogP contribution in [-0.2, 0) is 0 Å². The highest BCUT2D eigenvalue weighted by Crippen LogP contribution is 2.32. The Morgan fingerprint density at radius 2 is 2.00 bits per heavy atom. The van der Waals surface area contributed by atoms with Crippen LogP contribution >= 0.6 is 0 Å². The van der Waals surface area contributed by atoms with Crippen molar-refractivity contribution in [2.45, 2.75) is 45.2 Å². The first-order chi connectivity index (χ1) is 9.05. The van der Waals surface area contributed by atoms with Gasteiger partial charge in [-0.15, -0.1) is 0 Å². The summed E-state index contributed by atoms with van der Waals surface area (Å²) in [4.78, 5) is 2.50. The molecule has 1 aromatic carbocycles. The van der Waals surface area contributed by atoms with Crippen LogP contribution in [0.4, 0.5) is 0 Å². The van der Waals surface area contributed by atoms with Gasteiger partial charge in [0.05, 0.1) is 6.61 Å². The number of nitrogens with zero attached hydrogens (tertiary/aromatic N) is 1. The summed E-state index contributed by atoms with van der Waals surface area (Å²) in [5.41, 5.74) is 7.66. The Morgan fingerprint density at radius 3 is 2.63 bits per heavy atom. The third-order valence-electron chi connectivity index (χ3n) is 4.21. The van der Waals surface area contributed by atoms with Crippen molar-refractivity contribution >= 4 is 0 Å². The van der Waals surface area contributed by atoms with Gasteiger partial charge in [-0.05, 0) is 64.4 Å². The number of benzene rings is 1. The molecule has 2 rings (SSSR count). The molecule has 3 heteroatoms.